The highest BCUT2D eigenvalue weighted by Gasteiger charge is 2.22. The van der Waals surface area contributed by atoms with E-state index in [-0.39, 0.29) is 17.9 Å². The Kier molecular flexibility index (Phi) is 6.80. The summed E-state index contributed by atoms with van der Waals surface area (Å²) in [5.41, 5.74) is 0. The van der Waals surface area contributed by atoms with Gasteiger partial charge in [-0.15, -0.1) is 0 Å². The average molecular weight is 270 g/mol. The van der Waals surface area contributed by atoms with E-state index >= 15 is 0 Å². The molecule has 0 aromatic rings. The predicted octanol–water partition coefficient (Wildman–Crippen LogP) is -0.735. The second kappa shape index (κ2) is 8.12. The molecule has 0 aliphatic carbocycles. The Morgan fingerprint density at radius 3 is 2.37 bits per heavy atom. The molecule has 2 amide bonds. The number of likely N-dealkylation sites (N-methyl/N-ethyl adjacent to an activating group) is 1. The lowest BCUT2D eigenvalue weighted by atomic mass is 10.2. The Morgan fingerprint density at radius 1 is 1.21 bits per heavy atom. The standard InChI is InChI=1S/C13H26N4O2/c1-4-15-11(2)9-13(19)17-7-5-16(6-8-17)10-12(18)14-3/h11,15H,4-10H2,1-3H3,(H,14,18). The van der Waals surface area contributed by atoms with Crippen molar-refractivity contribution in [1.29, 1.82) is 0 Å². The van der Waals surface area contributed by atoms with E-state index in [9.17, 15) is 9.59 Å². The quantitative estimate of drug-likeness (QED) is 0.667. The molecule has 0 aromatic heterocycles. The third-order valence-electron chi connectivity index (χ3n) is 3.40. The summed E-state index contributed by atoms with van der Waals surface area (Å²) < 4.78 is 0. The Balaban J connectivity index is 2.29. The van der Waals surface area contributed by atoms with Crippen molar-refractivity contribution in [2.45, 2.75) is 26.3 Å². The van der Waals surface area contributed by atoms with Gasteiger partial charge in [0.05, 0.1) is 6.54 Å². The molecule has 1 aliphatic rings. The summed E-state index contributed by atoms with van der Waals surface area (Å²) in [4.78, 5) is 27.3. The zero-order valence-corrected chi connectivity index (χ0v) is 12.2. The molecule has 1 saturated heterocycles. The second-order valence-electron chi connectivity index (χ2n) is 4.99. The lowest BCUT2D eigenvalue weighted by Gasteiger charge is -2.34. The minimum atomic E-state index is 0.0283. The van der Waals surface area contributed by atoms with Crippen LogP contribution in [0.15, 0.2) is 0 Å². The molecule has 0 aromatic carbocycles. The van der Waals surface area contributed by atoms with E-state index in [0.29, 0.717) is 26.1 Å². The largest absolute Gasteiger partial charge is 0.358 e. The van der Waals surface area contributed by atoms with E-state index in [1.165, 1.54) is 0 Å². The van der Waals surface area contributed by atoms with Gasteiger partial charge in [0.2, 0.25) is 11.8 Å². The van der Waals surface area contributed by atoms with Crippen LogP contribution in [0, 0.1) is 0 Å². The van der Waals surface area contributed by atoms with Crippen molar-refractivity contribution < 1.29 is 9.59 Å². The molecule has 19 heavy (non-hydrogen) atoms. The predicted molar refractivity (Wildman–Crippen MR) is 74.8 cm³/mol. The maximum Gasteiger partial charge on any atom is 0.233 e. The lowest BCUT2D eigenvalue weighted by Crippen LogP contribution is -2.51. The molecule has 1 rings (SSSR count). The SMILES string of the molecule is CCNC(C)CC(=O)N1CCN(CC(=O)NC)CC1. The highest BCUT2D eigenvalue weighted by molar-refractivity contribution is 5.78. The molecule has 1 fully saturated rings. The van der Waals surface area contributed by atoms with Crippen LogP contribution in [-0.4, -0.2) is 74.0 Å². The number of rotatable bonds is 6. The van der Waals surface area contributed by atoms with Crippen LogP contribution in [0.4, 0.5) is 0 Å². The van der Waals surface area contributed by atoms with Crippen molar-refractivity contribution in [3.05, 3.63) is 0 Å². The zero-order valence-electron chi connectivity index (χ0n) is 12.2. The number of hydrogen-bond donors (Lipinski definition) is 2. The number of carbonyl (C=O) groups excluding carboxylic acids is 2. The third kappa shape index (κ3) is 5.57. The highest BCUT2D eigenvalue weighted by atomic mass is 16.2. The number of nitrogens with zero attached hydrogens (tertiary/aromatic N) is 2. The first-order valence-electron chi connectivity index (χ1n) is 7.01. The molecule has 1 aliphatic heterocycles. The number of amides is 2. The molecular formula is C13H26N4O2. The van der Waals surface area contributed by atoms with Crippen LogP contribution in [0.1, 0.15) is 20.3 Å². The Hall–Kier alpha value is -1.14. The van der Waals surface area contributed by atoms with Gasteiger partial charge in [0.25, 0.3) is 0 Å². The lowest BCUT2D eigenvalue weighted by molar-refractivity contribution is -0.133. The summed E-state index contributed by atoms with van der Waals surface area (Å²) in [6, 6.07) is 0.224. The molecule has 0 bridgehead atoms. The highest BCUT2D eigenvalue weighted by Crippen LogP contribution is 2.05. The van der Waals surface area contributed by atoms with Gasteiger partial charge in [-0.3, -0.25) is 14.5 Å². The zero-order chi connectivity index (χ0) is 14.3. The van der Waals surface area contributed by atoms with Crippen LogP contribution >= 0.6 is 0 Å². The number of piperazine rings is 1. The van der Waals surface area contributed by atoms with E-state index in [0.717, 1.165) is 19.6 Å². The van der Waals surface area contributed by atoms with Crippen LogP contribution in [0.3, 0.4) is 0 Å². The van der Waals surface area contributed by atoms with Crippen LogP contribution < -0.4 is 10.6 Å². The van der Waals surface area contributed by atoms with Gasteiger partial charge in [-0.05, 0) is 13.5 Å². The van der Waals surface area contributed by atoms with Gasteiger partial charge < -0.3 is 15.5 Å². The van der Waals surface area contributed by atoms with E-state index < -0.39 is 0 Å². The molecule has 1 atom stereocenters. The molecule has 6 heteroatoms. The van der Waals surface area contributed by atoms with Gasteiger partial charge >= 0.3 is 0 Å². The minimum absolute atomic E-state index is 0.0283. The fraction of sp³-hybridized carbons (Fsp3) is 0.846. The van der Waals surface area contributed by atoms with Crippen molar-refractivity contribution in [2.24, 2.45) is 0 Å². The fourth-order valence-electron chi connectivity index (χ4n) is 2.25. The maximum absolute atomic E-state index is 12.1. The van der Waals surface area contributed by atoms with Crippen molar-refractivity contribution >= 4 is 11.8 Å². The second-order valence-corrected chi connectivity index (χ2v) is 4.99. The van der Waals surface area contributed by atoms with E-state index in [2.05, 4.69) is 15.5 Å². The molecule has 0 spiro atoms. The van der Waals surface area contributed by atoms with Gasteiger partial charge in [0, 0.05) is 45.7 Å². The topological polar surface area (TPSA) is 64.7 Å². The smallest absolute Gasteiger partial charge is 0.233 e. The number of hydrogen-bond acceptors (Lipinski definition) is 4. The van der Waals surface area contributed by atoms with Gasteiger partial charge in [-0.2, -0.15) is 0 Å². The third-order valence-corrected chi connectivity index (χ3v) is 3.40. The summed E-state index contributed by atoms with van der Waals surface area (Å²) in [7, 11) is 1.64. The first-order chi connectivity index (χ1) is 9.06. The number of carbonyl (C=O) groups is 2. The Bertz CT molecular complexity index is 301. The summed E-state index contributed by atoms with van der Waals surface area (Å²) in [6.45, 7) is 8.36. The van der Waals surface area contributed by atoms with Crippen molar-refractivity contribution in [2.75, 3.05) is 46.3 Å². The van der Waals surface area contributed by atoms with Crippen LogP contribution in [0.2, 0.25) is 0 Å². The molecule has 2 N–H and O–H groups in total. The van der Waals surface area contributed by atoms with Gasteiger partial charge in [0.1, 0.15) is 0 Å². The molecule has 0 radical (unpaired) electrons. The van der Waals surface area contributed by atoms with E-state index in [1.54, 1.807) is 7.05 Å². The normalized spacial score (nSPS) is 18.2. The number of nitrogens with one attached hydrogen (secondary N) is 2. The average Bonchev–Trinajstić information content (AvgIpc) is 2.39. The molecular weight excluding hydrogens is 244 g/mol. The Labute approximate surface area is 115 Å². The minimum Gasteiger partial charge on any atom is -0.358 e. The van der Waals surface area contributed by atoms with Gasteiger partial charge in [-0.1, -0.05) is 6.92 Å². The van der Waals surface area contributed by atoms with Crippen LogP contribution in [0.5, 0.6) is 0 Å². The van der Waals surface area contributed by atoms with Crippen LogP contribution in [-0.2, 0) is 9.59 Å². The fourth-order valence-corrected chi connectivity index (χ4v) is 2.25. The van der Waals surface area contributed by atoms with Crippen molar-refractivity contribution in [3.63, 3.8) is 0 Å². The summed E-state index contributed by atoms with van der Waals surface area (Å²) in [6.07, 6.45) is 0.545. The summed E-state index contributed by atoms with van der Waals surface area (Å²) in [5, 5.41) is 5.86. The monoisotopic (exact) mass is 270 g/mol. The molecule has 110 valence electrons. The van der Waals surface area contributed by atoms with Crippen molar-refractivity contribution in [3.8, 4) is 0 Å². The molecule has 1 unspecified atom stereocenters. The summed E-state index contributed by atoms with van der Waals surface area (Å²) >= 11 is 0. The van der Waals surface area contributed by atoms with Gasteiger partial charge in [-0.25, -0.2) is 0 Å². The first-order valence-corrected chi connectivity index (χ1v) is 7.01. The molecule has 1 heterocycles. The Morgan fingerprint density at radius 2 is 1.84 bits per heavy atom. The first kappa shape index (κ1) is 15.9. The van der Waals surface area contributed by atoms with E-state index in [4.69, 9.17) is 0 Å². The van der Waals surface area contributed by atoms with Crippen LogP contribution in [0.25, 0.3) is 0 Å². The molecule has 0 saturated carbocycles. The molecule has 6 nitrogen and oxygen atoms in total. The van der Waals surface area contributed by atoms with E-state index in [1.807, 2.05) is 18.7 Å². The maximum atomic E-state index is 12.1. The van der Waals surface area contributed by atoms with Gasteiger partial charge in [0.15, 0.2) is 0 Å². The summed E-state index contributed by atoms with van der Waals surface area (Å²) in [5.74, 6) is 0.230. The van der Waals surface area contributed by atoms with Crippen molar-refractivity contribution in [1.82, 2.24) is 20.4 Å².